The third-order valence-electron chi connectivity index (χ3n) is 5.75. The monoisotopic (exact) mass is 526 g/mol. The molecule has 10 heteroatoms. The summed E-state index contributed by atoms with van der Waals surface area (Å²) in [5.74, 6) is 2.81. The fraction of sp³-hybridized carbons (Fsp3) is 0.280. The SMILES string of the molecule is O=C(CCc1cn(-c2ccc(-n3ccccc3=O)cc2OC2CCSCC2)nn1)c1ccc(Cl)s1. The van der Waals surface area contributed by atoms with E-state index < -0.39 is 0 Å². The number of benzene rings is 1. The number of carbonyl (C=O) groups is 1. The van der Waals surface area contributed by atoms with Crippen LogP contribution in [0.2, 0.25) is 4.34 Å². The Morgan fingerprint density at radius 2 is 2.00 bits per heavy atom. The summed E-state index contributed by atoms with van der Waals surface area (Å²) < 4.78 is 10.3. The molecule has 4 heterocycles. The number of aromatic nitrogens is 4. The number of carbonyl (C=O) groups excluding carboxylic acids is 1. The maximum Gasteiger partial charge on any atom is 0.255 e. The van der Waals surface area contributed by atoms with Crippen molar-refractivity contribution in [1.82, 2.24) is 19.6 Å². The van der Waals surface area contributed by atoms with E-state index in [9.17, 15) is 9.59 Å². The van der Waals surface area contributed by atoms with E-state index in [2.05, 4.69) is 10.3 Å². The molecule has 1 saturated heterocycles. The van der Waals surface area contributed by atoms with Crippen molar-refractivity contribution in [2.24, 2.45) is 0 Å². The van der Waals surface area contributed by atoms with Crippen LogP contribution in [-0.4, -0.2) is 43.0 Å². The Kier molecular flexibility index (Phi) is 7.36. The summed E-state index contributed by atoms with van der Waals surface area (Å²) in [7, 11) is 0. The first kappa shape index (κ1) is 23.8. The van der Waals surface area contributed by atoms with Crippen molar-refractivity contribution in [1.29, 1.82) is 0 Å². The van der Waals surface area contributed by atoms with E-state index >= 15 is 0 Å². The lowest BCUT2D eigenvalue weighted by Gasteiger charge is -2.24. The molecule has 1 fully saturated rings. The summed E-state index contributed by atoms with van der Waals surface area (Å²) in [6, 6.07) is 14.2. The fourth-order valence-corrected chi connectivity index (χ4v) is 5.98. The number of hydrogen-bond donors (Lipinski definition) is 0. The summed E-state index contributed by atoms with van der Waals surface area (Å²) in [5.41, 5.74) is 2.07. The highest BCUT2D eigenvalue weighted by Gasteiger charge is 2.19. The number of pyridine rings is 1. The molecule has 5 rings (SSSR count). The number of rotatable bonds is 8. The normalized spacial score (nSPS) is 14.2. The molecule has 180 valence electrons. The number of hydrogen-bond acceptors (Lipinski definition) is 7. The summed E-state index contributed by atoms with van der Waals surface area (Å²) in [5, 5.41) is 8.57. The second-order valence-electron chi connectivity index (χ2n) is 8.17. The Balaban J connectivity index is 1.40. The van der Waals surface area contributed by atoms with Crippen molar-refractivity contribution in [3.8, 4) is 17.1 Å². The van der Waals surface area contributed by atoms with E-state index in [1.54, 1.807) is 33.6 Å². The molecule has 0 aliphatic carbocycles. The first-order chi connectivity index (χ1) is 17.1. The van der Waals surface area contributed by atoms with Crippen LogP contribution < -0.4 is 10.3 Å². The van der Waals surface area contributed by atoms with Crippen LogP contribution in [0.1, 0.15) is 34.6 Å². The third kappa shape index (κ3) is 5.69. The van der Waals surface area contributed by atoms with Gasteiger partial charge in [0.05, 0.1) is 26.8 Å². The van der Waals surface area contributed by atoms with Crippen LogP contribution in [0.5, 0.6) is 5.75 Å². The zero-order valence-electron chi connectivity index (χ0n) is 18.8. The van der Waals surface area contributed by atoms with Crippen molar-refractivity contribution in [3.63, 3.8) is 0 Å². The number of ether oxygens (including phenoxy) is 1. The smallest absolute Gasteiger partial charge is 0.255 e. The molecule has 0 amide bonds. The molecule has 0 N–H and O–H groups in total. The van der Waals surface area contributed by atoms with Gasteiger partial charge >= 0.3 is 0 Å². The fourth-order valence-electron chi connectivity index (χ4n) is 3.91. The highest BCUT2D eigenvalue weighted by Crippen LogP contribution is 2.30. The van der Waals surface area contributed by atoms with Crippen LogP contribution in [0.25, 0.3) is 11.4 Å². The Hall–Kier alpha value is -2.88. The maximum atomic E-state index is 12.4. The Morgan fingerprint density at radius 3 is 2.77 bits per heavy atom. The molecule has 1 aromatic carbocycles. The van der Waals surface area contributed by atoms with Gasteiger partial charge in [0, 0.05) is 31.2 Å². The highest BCUT2D eigenvalue weighted by atomic mass is 35.5. The molecule has 7 nitrogen and oxygen atoms in total. The standard InChI is InChI=1S/C25H23ClN4O3S2/c26-24-9-8-23(35-24)21(31)7-4-17-16-30(28-27-17)20-6-5-18(29-12-2-1-3-25(29)32)15-22(20)33-19-10-13-34-14-11-19/h1-3,5-6,8-9,12,15-16,19H,4,7,10-11,13-14H2. The molecule has 0 saturated carbocycles. The van der Waals surface area contributed by atoms with Crippen molar-refractivity contribution >= 4 is 40.5 Å². The minimum absolute atomic E-state index is 0.0355. The predicted octanol–water partition coefficient (Wildman–Crippen LogP) is 5.22. The van der Waals surface area contributed by atoms with E-state index in [0.29, 0.717) is 33.5 Å². The summed E-state index contributed by atoms with van der Waals surface area (Å²) in [4.78, 5) is 25.4. The molecule has 35 heavy (non-hydrogen) atoms. The van der Waals surface area contributed by atoms with E-state index in [-0.39, 0.29) is 17.4 Å². The van der Waals surface area contributed by atoms with Crippen molar-refractivity contribution in [3.05, 3.63) is 86.2 Å². The zero-order valence-corrected chi connectivity index (χ0v) is 21.2. The predicted molar refractivity (Wildman–Crippen MR) is 140 cm³/mol. The number of Topliss-reactive ketones (excluding diaryl/α,β-unsaturated/α-hetero) is 1. The third-order valence-corrected chi connectivity index (χ3v) is 8.07. The number of ketones is 1. The van der Waals surface area contributed by atoms with Gasteiger partial charge in [0.2, 0.25) is 0 Å². The second kappa shape index (κ2) is 10.8. The molecular formula is C25H23ClN4O3S2. The lowest BCUT2D eigenvalue weighted by Crippen LogP contribution is -2.23. The average Bonchev–Trinajstić information content (AvgIpc) is 3.53. The van der Waals surface area contributed by atoms with Crippen LogP contribution >= 0.6 is 34.7 Å². The minimum atomic E-state index is -0.111. The van der Waals surface area contributed by atoms with Crippen LogP contribution in [0.3, 0.4) is 0 Å². The Morgan fingerprint density at radius 1 is 1.14 bits per heavy atom. The van der Waals surface area contributed by atoms with Gasteiger partial charge in [-0.25, -0.2) is 4.68 Å². The van der Waals surface area contributed by atoms with Crippen LogP contribution in [0.4, 0.5) is 0 Å². The van der Waals surface area contributed by atoms with Crippen molar-refractivity contribution < 1.29 is 9.53 Å². The largest absolute Gasteiger partial charge is 0.488 e. The molecular weight excluding hydrogens is 504 g/mol. The van der Waals surface area contributed by atoms with Gasteiger partial charge in [0.15, 0.2) is 5.78 Å². The molecule has 0 unspecified atom stereocenters. The van der Waals surface area contributed by atoms with Gasteiger partial charge in [-0.15, -0.1) is 16.4 Å². The quantitative estimate of drug-likeness (QED) is 0.293. The molecule has 3 aromatic heterocycles. The number of thiophene rings is 1. The van der Waals surface area contributed by atoms with Crippen LogP contribution in [0.15, 0.2) is 65.7 Å². The van der Waals surface area contributed by atoms with Gasteiger partial charge in [-0.3, -0.25) is 14.2 Å². The Bertz CT molecular complexity index is 1390. The molecule has 0 bridgehead atoms. The summed E-state index contributed by atoms with van der Waals surface area (Å²) in [6.07, 6.45) is 6.41. The average molecular weight is 527 g/mol. The minimum Gasteiger partial charge on any atom is -0.488 e. The van der Waals surface area contributed by atoms with Gasteiger partial charge in [0.1, 0.15) is 17.5 Å². The number of aryl methyl sites for hydroxylation is 1. The van der Waals surface area contributed by atoms with Crippen LogP contribution in [0, 0.1) is 0 Å². The molecule has 4 aromatic rings. The summed E-state index contributed by atoms with van der Waals surface area (Å²) >= 11 is 9.16. The lowest BCUT2D eigenvalue weighted by molar-refractivity contribution is 0.0986. The maximum absolute atomic E-state index is 12.4. The number of thioether (sulfide) groups is 1. The molecule has 0 radical (unpaired) electrons. The van der Waals surface area contributed by atoms with E-state index in [0.717, 1.165) is 35.7 Å². The van der Waals surface area contributed by atoms with E-state index in [4.69, 9.17) is 16.3 Å². The second-order valence-corrected chi connectivity index (χ2v) is 11.1. The van der Waals surface area contributed by atoms with E-state index in [1.807, 2.05) is 42.2 Å². The first-order valence-corrected chi connectivity index (χ1v) is 13.7. The zero-order chi connectivity index (χ0) is 24.2. The lowest BCUT2D eigenvalue weighted by atomic mass is 10.1. The topological polar surface area (TPSA) is 79.0 Å². The molecule has 1 aliphatic heterocycles. The van der Waals surface area contributed by atoms with Crippen molar-refractivity contribution in [2.45, 2.75) is 31.8 Å². The number of nitrogens with zero attached hydrogens (tertiary/aromatic N) is 4. The molecule has 0 atom stereocenters. The van der Waals surface area contributed by atoms with Crippen LogP contribution in [-0.2, 0) is 6.42 Å². The van der Waals surface area contributed by atoms with Crippen molar-refractivity contribution in [2.75, 3.05) is 11.5 Å². The van der Waals surface area contributed by atoms with Gasteiger partial charge in [-0.1, -0.05) is 22.9 Å². The van der Waals surface area contributed by atoms with Gasteiger partial charge in [0.25, 0.3) is 5.56 Å². The Labute approximate surface area is 215 Å². The highest BCUT2D eigenvalue weighted by molar-refractivity contribution is 7.99. The molecule has 1 aliphatic rings. The number of halogens is 1. The van der Waals surface area contributed by atoms with Gasteiger partial charge in [-0.05, 0) is 54.7 Å². The van der Waals surface area contributed by atoms with Gasteiger partial charge < -0.3 is 4.74 Å². The van der Waals surface area contributed by atoms with E-state index in [1.165, 1.54) is 17.4 Å². The summed E-state index contributed by atoms with van der Waals surface area (Å²) in [6.45, 7) is 0. The first-order valence-electron chi connectivity index (χ1n) is 11.3. The molecule has 0 spiro atoms. The van der Waals surface area contributed by atoms with Gasteiger partial charge in [-0.2, -0.15) is 11.8 Å².